The van der Waals surface area contributed by atoms with E-state index >= 15 is 0 Å². The second-order valence-electron chi connectivity index (χ2n) is 6.43. The Bertz CT molecular complexity index is 603. The third kappa shape index (κ3) is 2.30. The standard InChI is InChI=1S/C17H21BrO4/c1-10(2)13-11(17(16(19)20)5-3-4-6-17)9-12-15(14(13)18)22-8-7-21-12/h9-10H,3-8H2,1-2H3,(H,19,20). The summed E-state index contributed by atoms with van der Waals surface area (Å²) in [6.07, 6.45) is 3.29. The molecule has 120 valence electrons. The first-order chi connectivity index (χ1) is 10.5. The van der Waals surface area contributed by atoms with Crippen molar-refractivity contribution in [3.8, 4) is 11.5 Å². The number of benzene rings is 1. The van der Waals surface area contributed by atoms with Crippen molar-refractivity contribution in [2.24, 2.45) is 0 Å². The van der Waals surface area contributed by atoms with Crippen LogP contribution in [0.1, 0.15) is 56.6 Å². The van der Waals surface area contributed by atoms with Gasteiger partial charge in [0, 0.05) is 0 Å². The molecule has 0 spiro atoms. The summed E-state index contributed by atoms with van der Waals surface area (Å²) in [5.74, 6) is 0.842. The zero-order chi connectivity index (χ0) is 15.9. The van der Waals surface area contributed by atoms with Crippen LogP contribution in [0.5, 0.6) is 11.5 Å². The van der Waals surface area contributed by atoms with Gasteiger partial charge in [-0.2, -0.15) is 0 Å². The van der Waals surface area contributed by atoms with E-state index in [4.69, 9.17) is 9.47 Å². The van der Waals surface area contributed by atoms with Gasteiger partial charge in [-0.05, 0) is 51.9 Å². The van der Waals surface area contributed by atoms with E-state index in [-0.39, 0.29) is 5.92 Å². The number of hydrogen-bond donors (Lipinski definition) is 1. The summed E-state index contributed by atoms with van der Waals surface area (Å²) in [5.41, 5.74) is 1.13. The molecule has 2 aliphatic rings. The molecule has 3 rings (SSSR count). The zero-order valence-corrected chi connectivity index (χ0v) is 14.5. The largest absolute Gasteiger partial charge is 0.486 e. The molecule has 4 nitrogen and oxygen atoms in total. The van der Waals surface area contributed by atoms with Gasteiger partial charge in [0.05, 0.1) is 9.89 Å². The number of carboxylic acids is 1. The molecule has 0 atom stereocenters. The first kappa shape index (κ1) is 15.7. The Kier molecular flexibility index (Phi) is 4.10. The molecule has 1 N–H and O–H groups in total. The number of ether oxygens (including phenoxy) is 2. The van der Waals surface area contributed by atoms with Crippen LogP contribution in [0.4, 0.5) is 0 Å². The van der Waals surface area contributed by atoms with E-state index in [2.05, 4.69) is 29.8 Å². The van der Waals surface area contributed by atoms with Gasteiger partial charge in [0.15, 0.2) is 11.5 Å². The van der Waals surface area contributed by atoms with Gasteiger partial charge in [0.2, 0.25) is 0 Å². The van der Waals surface area contributed by atoms with E-state index in [0.717, 1.165) is 28.4 Å². The maximum atomic E-state index is 12.1. The number of carbonyl (C=O) groups is 1. The lowest BCUT2D eigenvalue weighted by Crippen LogP contribution is -2.34. The summed E-state index contributed by atoms with van der Waals surface area (Å²) in [6, 6.07) is 1.91. The molecule has 1 saturated carbocycles. The molecular formula is C17H21BrO4. The summed E-state index contributed by atoms with van der Waals surface area (Å²) in [7, 11) is 0. The molecule has 0 aromatic heterocycles. The minimum atomic E-state index is -0.794. The molecule has 1 aliphatic heterocycles. The third-order valence-corrected chi connectivity index (χ3v) is 5.56. The fourth-order valence-corrected chi connectivity index (χ4v) is 4.68. The van der Waals surface area contributed by atoms with Crippen LogP contribution in [-0.2, 0) is 10.2 Å². The van der Waals surface area contributed by atoms with Crippen molar-refractivity contribution < 1.29 is 19.4 Å². The van der Waals surface area contributed by atoms with Crippen molar-refractivity contribution in [3.05, 3.63) is 21.7 Å². The average Bonchev–Trinajstić information content (AvgIpc) is 2.97. The van der Waals surface area contributed by atoms with Crippen molar-refractivity contribution >= 4 is 21.9 Å². The maximum absolute atomic E-state index is 12.1. The zero-order valence-electron chi connectivity index (χ0n) is 12.9. The molecule has 1 aliphatic carbocycles. The summed E-state index contributed by atoms with van der Waals surface area (Å²) >= 11 is 3.64. The molecule has 1 fully saturated rings. The van der Waals surface area contributed by atoms with Crippen molar-refractivity contribution in [3.63, 3.8) is 0 Å². The Morgan fingerprint density at radius 2 is 1.91 bits per heavy atom. The Morgan fingerprint density at radius 1 is 1.27 bits per heavy atom. The molecule has 5 heteroatoms. The lowest BCUT2D eigenvalue weighted by atomic mass is 9.74. The van der Waals surface area contributed by atoms with E-state index in [9.17, 15) is 9.90 Å². The highest BCUT2D eigenvalue weighted by Crippen LogP contribution is 2.51. The van der Waals surface area contributed by atoms with Crippen LogP contribution in [-0.4, -0.2) is 24.3 Å². The molecule has 1 aromatic rings. The van der Waals surface area contributed by atoms with Crippen LogP contribution in [0.25, 0.3) is 0 Å². The molecule has 1 aromatic carbocycles. The minimum Gasteiger partial charge on any atom is -0.486 e. The quantitative estimate of drug-likeness (QED) is 0.866. The van der Waals surface area contributed by atoms with Gasteiger partial charge >= 0.3 is 5.97 Å². The predicted molar refractivity (Wildman–Crippen MR) is 87.0 cm³/mol. The molecular weight excluding hydrogens is 348 g/mol. The molecule has 1 heterocycles. The Morgan fingerprint density at radius 3 is 2.50 bits per heavy atom. The third-order valence-electron chi connectivity index (χ3n) is 4.77. The Balaban J connectivity index is 2.26. The monoisotopic (exact) mass is 368 g/mol. The van der Waals surface area contributed by atoms with Gasteiger partial charge in [-0.15, -0.1) is 0 Å². The number of halogens is 1. The van der Waals surface area contributed by atoms with E-state index in [0.29, 0.717) is 37.6 Å². The number of aliphatic carboxylic acids is 1. The van der Waals surface area contributed by atoms with E-state index < -0.39 is 11.4 Å². The maximum Gasteiger partial charge on any atom is 0.314 e. The molecule has 22 heavy (non-hydrogen) atoms. The minimum absolute atomic E-state index is 0.206. The molecule has 0 bridgehead atoms. The van der Waals surface area contributed by atoms with Crippen molar-refractivity contribution in [2.45, 2.75) is 50.9 Å². The lowest BCUT2D eigenvalue weighted by molar-refractivity contribution is -0.143. The first-order valence-corrected chi connectivity index (χ1v) is 8.62. The second kappa shape index (κ2) is 5.76. The second-order valence-corrected chi connectivity index (χ2v) is 7.22. The number of rotatable bonds is 3. The topological polar surface area (TPSA) is 55.8 Å². The highest BCUT2D eigenvalue weighted by Gasteiger charge is 2.46. The van der Waals surface area contributed by atoms with Gasteiger partial charge in [-0.3, -0.25) is 4.79 Å². The number of hydrogen-bond acceptors (Lipinski definition) is 3. The van der Waals surface area contributed by atoms with Crippen molar-refractivity contribution in [1.29, 1.82) is 0 Å². The molecule has 0 amide bonds. The van der Waals surface area contributed by atoms with Gasteiger partial charge < -0.3 is 14.6 Å². The van der Waals surface area contributed by atoms with Gasteiger partial charge in [-0.1, -0.05) is 26.7 Å². The van der Waals surface area contributed by atoms with Gasteiger partial charge in [0.1, 0.15) is 13.2 Å². The Labute approximate surface area is 138 Å². The number of fused-ring (bicyclic) bond motifs is 1. The predicted octanol–water partition coefficient (Wildman–Crippen LogP) is 4.24. The summed E-state index contributed by atoms with van der Waals surface area (Å²) in [6.45, 7) is 5.20. The summed E-state index contributed by atoms with van der Waals surface area (Å²) in [5, 5.41) is 9.93. The highest BCUT2D eigenvalue weighted by molar-refractivity contribution is 9.10. The lowest BCUT2D eigenvalue weighted by Gasteiger charge is -2.32. The van der Waals surface area contributed by atoms with E-state index in [1.807, 2.05) is 6.07 Å². The summed E-state index contributed by atoms with van der Waals surface area (Å²) < 4.78 is 12.3. The SMILES string of the molecule is CC(C)c1c(C2(C(=O)O)CCCC2)cc2c(c1Br)OCCO2. The number of carboxylic acid groups (broad SMARTS) is 1. The van der Waals surface area contributed by atoms with Crippen LogP contribution in [0.2, 0.25) is 0 Å². The van der Waals surface area contributed by atoms with Crippen molar-refractivity contribution in [2.75, 3.05) is 13.2 Å². The van der Waals surface area contributed by atoms with E-state index in [1.54, 1.807) is 0 Å². The summed E-state index contributed by atoms with van der Waals surface area (Å²) in [4.78, 5) is 12.1. The average molecular weight is 369 g/mol. The van der Waals surface area contributed by atoms with Gasteiger partial charge in [-0.25, -0.2) is 0 Å². The van der Waals surface area contributed by atoms with Crippen LogP contribution < -0.4 is 9.47 Å². The van der Waals surface area contributed by atoms with Gasteiger partial charge in [0.25, 0.3) is 0 Å². The van der Waals surface area contributed by atoms with Crippen LogP contribution in [0, 0.1) is 0 Å². The fourth-order valence-electron chi connectivity index (χ4n) is 3.70. The van der Waals surface area contributed by atoms with E-state index in [1.165, 1.54) is 0 Å². The van der Waals surface area contributed by atoms with Crippen molar-refractivity contribution in [1.82, 2.24) is 0 Å². The van der Waals surface area contributed by atoms with Crippen LogP contribution in [0.3, 0.4) is 0 Å². The van der Waals surface area contributed by atoms with Crippen LogP contribution in [0.15, 0.2) is 10.5 Å². The Hall–Kier alpha value is -1.23. The first-order valence-electron chi connectivity index (χ1n) is 7.83. The normalized spacial score (nSPS) is 19.5. The molecule has 0 saturated heterocycles. The smallest absolute Gasteiger partial charge is 0.314 e. The highest BCUT2D eigenvalue weighted by atomic mass is 79.9. The fraction of sp³-hybridized carbons (Fsp3) is 0.588. The molecule has 0 unspecified atom stereocenters. The van der Waals surface area contributed by atoms with Crippen LogP contribution >= 0.6 is 15.9 Å². The molecule has 0 radical (unpaired) electrons.